The molecule has 2 N–H and O–H groups in total. The summed E-state index contributed by atoms with van der Waals surface area (Å²) in [4.78, 5) is 0. The van der Waals surface area contributed by atoms with Crippen molar-refractivity contribution in [3.05, 3.63) is 11.6 Å². The van der Waals surface area contributed by atoms with Crippen LogP contribution in [0.1, 0.15) is 32.6 Å². The molecule has 64 valence electrons. The van der Waals surface area contributed by atoms with Gasteiger partial charge in [-0.05, 0) is 32.6 Å². The van der Waals surface area contributed by atoms with Gasteiger partial charge in [-0.2, -0.15) is 0 Å². The average Bonchev–Trinajstić information content (AvgIpc) is 1.85. The van der Waals surface area contributed by atoms with Gasteiger partial charge < -0.3 is 10.2 Å². The van der Waals surface area contributed by atoms with Crippen molar-refractivity contribution in [2.45, 2.75) is 38.2 Å². The molecule has 1 unspecified atom stereocenters. The zero-order valence-electron chi connectivity index (χ0n) is 7.01. The van der Waals surface area contributed by atoms with Gasteiger partial charge in [0.1, 0.15) is 0 Å². The molecule has 1 fully saturated rings. The first-order valence-electron chi connectivity index (χ1n) is 4.15. The van der Waals surface area contributed by atoms with Crippen molar-refractivity contribution in [3.8, 4) is 0 Å². The lowest BCUT2D eigenvalue weighted by atomic mass is 9.83. The number of hydrogen-bond donors (Lipinski definition) is 2. The minimum absolute atomic E-state index is 0.103. The SMILES string of the molecule is CC1(O)CCC/C(=C\CO)C1. The van der Waals surface area contributed by atoms with E-state index in [0.717, 1.165) is 25.7 Å². The molecule has 2 nitrogen and oxygen atoms in total. The topological polar surface area (TPSA) is 40.5 Å². The highest BCUT2D eigenvalue weighted by Gasteiger charge is 2.25. The molecule has 0 aromatic carbocycles. The maximum absolute atomic E-state index is 9.65. The number of hydrogen-bond acceptors (Lipinski definition) is 2. The maximum atomic E-state index is 9.65. The molecule has 1 saturated carbocycles. The lowest BCUT2D eigenvalue weighted by Gasteiger charge is -2.29. The average molecular weight is 156 g/mol. The Labute approximate surface area is 67.6 Å². The predicted octanol–water partition coefficient (Wildman–Crippen LogP) is 1.23. The van der Waals surface area contributed by atoms with Gasteiger partial charge in [0, 0.05) is 0 Å². The van der Waals surface area contributed by atoms with Gasteiger partial charge in [-0.1, -0.05) is 11.6 Å². The number of rotatable bonds is 1. The Morgan fingerprint density at radius 1 is 1.64 bits per heavy atom. The van der Waals surface area contributed by atoms with Crippen molar-refractivity contribution in [2.24, 2.45) is 0 Å². The van der Waals surface area contributed by atoms with E-state index in [2.05, 4.69) is 0 Å². The Balaban J connectivity index is 2.53. The zero-order valence-corrected chi connectivity index (χ0v) is 7.01. The number of aliphatic hydroxyl groups excluding tert-OH is 1. The van der Waals surface area contributed by atoms with Crippen LogP contribution in [0, 0.1) is 0 Å². The van der Waals surface area contributed by atoms with E-state index in [9.17, 15) is 5.11 Å². The van der Waals surface area contributed by atoms with Gasteiger partial charge in [-0.3, -0.25) is 0 Å². The summed E-state index contributed by atoms with van der Waals surface area (Å²) in [6, 6.07) is 0. The van der Waals surface area contributed by atoms with Crippen molar-refractivity contribution in [3.63, 3.8) is 0 Å². The van der Waals surface area contributed by atoms with E-state index in [4.69, 9.17) is 5.11 Å². The molecule has 0 bridgehead atoms. The van der Waals surface area contributed by atoms with Gasteiger partial charge in [-0.15, -0.1) is 0 Å². The van der Waals surface area contributed by atoms with E-state index in [1.165, 1.54) is 5.57 Å². The molecule has 1 aliphatic rings. The summed E-state index contributed by atoms with van der Waals surface area (Å²) in [6.45, 7) is 1.96. The van der Waals surface area contributed by atoms with Crippen LogP contribution < -0.4 is 0 Å². The largest absolute Gasteiger partial charge is 0.392 e. The molecule has 0 heterocycles. The second kappa shape index (κ2) is 3.37. The Kier molecular flexibility index (Phi) is 2.68. The van der Waals surface area contributed by atoms with Gasteiger partial charge in [0.05, 0.1) is 12.2 Å². The molecule has 0 aromatic rings. The third kappa shape index (κ3) is 2.64. The maximum Gasteiger partial charge on any atom is 0.0656 e. The first-order valence-corrected chi connectivity index (χ1v) is 4.15. The Morgan fingerprint density at radius 3 is 2.91 bits per heavy atom. The van der Waals surface area contributed by atoms with Crippen molar-refractivity contribution < 1.29 is 10.2 Å². The van der Waals surface area contributed by atoms with E-state index in [1.54, 1.807) is 0 Å². The quantitative estimate of drug-likeness (QED) is 0.560. The summed E-state index contributed by atoms with van der Waals surface area (Å²) < 4.78 is 0. The Morgan fingerprint density at radius 2 is 2.36 bits per heavy atom. The molecule has 0 spiro atoms. The first-order chi connectivity index (χ1) is 5.14. The molecule has 1 atom stereocenters. The fourth-order valence-electron chi connectivity index (χ4n) is 1.67. The molecule has 0 radical (unpaired) electrons. The monoisotopic (exact) mass is 156 g/mol. The van der Waals surface area contributed by atoms with Crippen LogP contribution >= 0.6 is 0 Å². The third-order valence-electron chi connectivity index (χ3n) is 2.20. The fourth-order valence-corrected chi connectivity index (χ4v) is 1.67. The second-order valence-electron chi connectivity index (χ2n) is 3.57. The van der Waals surface area contributed by atoms with Crippen molar-refractivity contribution in [2.75, 3.05) is 6.61 Å². The molecule has 1 aliphatic carbocycles. The van der Waals surface area contributed by atoms with Crippen molar-refractivity contribution in [1.29, 1.82) is 0 Å². The first kappa shape index (κ1) is 8.75. The van der Waals surface area contributed by atoms with Crippen LogP contribution in [0.2, 0.25) is 0 Å². The zero-order chi connectivity index (χ0) is 8.32. The van der Waals surface area contributed by atoms with Crippen LogP contribution in [0.15, 0.2) is 11.6 Å². The van der Waals surface area contributed by atoms with E-state index in [-0.39, 0.29) is 6.61 Å². The predicted molar refractivity (Wildman–Crippen MR) is 44.3 cm³/mol. The molecular weight excluding hydrogens is 140 g/mol. The molecule has 11 heavy (non-hydrogen) atoms. The van der Waals surface area contributed by atoms with Crippen LogP contribution in [0.5, 0.6) is 0 Å². The lowest BCUT2D eigenvalue weighted by Crippen LogP contribution is -2.28. The molecule has 0 aliphatic heterocycles. The summed E-state index contributed by atoms with van der Waals surface area (Å²) in [6.07, 6.45) is 5.51. The number of aliphatic hydroxyl groups is 2. The van der Waals surface area contributed by atoms with E-state index >= 15 is 0 Å². The minimum atomic E-state index is -0.529. The lowest BCUT2D eigenvalue weighted by molar-refractivity contribution is 0.0385. The molecule has 2 heteroatoms. The minimum Gasteiger partial charge on any atom is -0.392 e. The molecule has 1 rings (SSSR count). The molecular formula is C9H16O2. The van der Waals surface area contributed by atoms with Crippen LogP contribution in [0.25, 0.3) is 0 Å². The van der Waals surface area contributed by atoms with Gasteiger partial charge in [0.25, 0.3) is 0 Å². The molecule has 0 aromatic heterocycles. The van der Waals surface area contributed by atoms with Crippen LogP contribution in [-0.4, -0.2) is 22.4 Å². The Bertz CT molecular complexity index is 159. The highest BCUT2D eigenvalue weighted by atomic mass is 16.3. The summed E-state index contributed by atoms with van der Waals surface area (Å²) in [5.74, 6) is 0. The normalized spacial score (nSPS) is 36.1. The molecule has 0 amide bonds. The smallest absolute Gasteiger partial charge is 0.0656 e. The summed E-state index contributed by atoms with van der Waals surface area (Å²) in [5, 5.41) is 18.3. The standard InChI is InChI=1S/C9H16O2/c1-9(11)5-2-3-8(7-9)4-6-10/h4,10-11H,2-3,5-7H2,1H3/b8-4+. The highest BCUT2D eigenvalue weighted by molar-refractivity contribution is 5.09. The highest BCUT2D eigenvalue weighted by Crippen LogP contribution is 2.30. The fraction of sp³-hybridized carbons (Fsp3) is 0.778. The van der Waals surface area contributed by atoms with Gasteiger partial charge in [-0.25, -0.2) is 0 Å². The van der Waals surface area contributed by atoms with E-state index in [0.29, 0.717) is 0 Å². The van der Waals surface area contributed by atoms with E-state index < -0.39 is 5.60 Å². The summed E-state index contributed by atoms with van der Waals surface area (Å²) in [5.41, 5.74) is 0.669. The van der Waals surface area contributed by atoms with Crippen LogP contribution in [0.3, 0.4) is 0 Å². The van der Waals surface area contributed by atoms with Crippen LogP contribution in [0.4, 0.5) is 0 Å². The third-order valence-corrected chi connectivity index (χ3v) is 2.20. The van der Waals surface area contributed by atoms with Crippen LogP contribution in [-0.2, 0) is 0 Å². The van der Waals surface area contributed by atoms with E-state index in [1.807, 2.05) is 13.0 Å². The van der Waals surface area contributed by atoms with Crippen molar-refractivity contribution in [1.82, 2.24) is 0 Å². The summed E-state index contributed by atoms with van der Waals surface area (Å²) >= 11 is 0. The second-order valence-corrected chi connectivity index (χ2v) is 3.57. The van der Waals surface area contributed by atoms with Gasteiger partial charge in [0.2, 0.25) is 0 Å². The van der Waals surface area contributed by atoms with Crippen molar-refractivity contribution >= 4 is 0 Å². The summed E-state index contributed by atoms with van der Waals surface area (Å²) in [7, 11) is 0. The van der Waals surface area contributed by atoms with Gasteiger partial charge >= 0.3 is 0 Å². The van der Waals surface area contributed by atoms with Gasteiger partial charge in [0.15, 0.2) is 0 Å². The molecule has 0 saturated heterocycles. The Hall–Kier alpha value is -0.340.